The molecule has 3 aromatic rings. The third kappa shape index (κ3) is 2.93. The second-order valence-corrected chi connectivity index (χ2v) is 13.9. The average Bonchev–Trinajstić information content (AvgIpc) is 2.75. The van der Waals surface area contributed by atoms with Crippen molar-refractivity contribution in [1.82, 2.24) is 0 Å². The molecule has 4 rings (SSSR count). The van der Waals surface area contributed by atoms with Crippen molar-refractivity contribution in [2.24, 2.45) is 0 Å². The molecule has 0 saturated heterocycles. The molecule has 0 aromatic heterocycles. The number of benzene rings is 3. The van der Waals surface area contributed by atoms with E-state index in [1.54, 1.807) is 0 Å². The van der Waals surface area contributed by atoms with Crippen molar-refractivity contribution in [2.75, 3.05) is 6.16 Å². The van der Waals surface area contributed by atoms with Crippen molar-refractivity contribution in [3.8, 4) is 0 Å². The Bertz CT molecular complexity index is 888. The molecular formula is C25H26BrP. The number of allylic oxidation sites excluding steroid dienone is 1. The van der Waals surface area contributed by atoms with E-state index in [0.29, 0.717) is 4.83 Å². The number of rotatable bonds is 4. The van der Waals surface area contributed by atoms with Crippen LogP contribution in [0.25, 0.3) is 0 Å². The van der Waals surface area contributed by atoms with Gasteiger partial charge < -0.3 is 0 Å². The van der Waals surface area contributed by atoms with Crippen LogP contribution in [0.4, 0.5) is 0 Å². The van der Waals surface area contributed by atoms with Gasteiger partial charge in [-0.25, -0.2) is 0 Å². The van der Waals surface area contributed by atoms with Gasteiger partial charge in [0.2, 0.25) is 0 Å². The molecule has 0 N–H and O–H groups in total. The first kappa shape index (κ1) is 18.7. The van der Waals surface area contributed by atoms with Crippen LogP contribution < -0.4 is 15.9 Å². The summed E-state index contributed by atoms with van der Waals surface area (Å²) in [5, 5.41) is 4.43. The average molecular weight is 437 g/mol. The van der Waals surface area contributed by atoms with Crippen molar-refractivity contribution >= 4 is 38.4 Å². The van der Waals surface area contributed by atoms with Gasteiger partial charge in [0.15, 0.2) is 0 Å². The molecule has 0 bridgehead atoms. The number of halogens is 1. The van der Waals surface area contributed by atoms with Gasteiger partial charge in [0.05, 0.1) is 0 Å². The van der Waals surface area contributed by atoms with Gasteiger partial charge in [0, 0.05) is 0 Å². The van der Waals surface area contributed by atoms with Gasteiger partial charge >= 0.3 is 172 Å². The van der Waals surface area contributed by atoms with Crippen LogP contribution in [0.2, 0.25) is 0 Å². The summed E-state index contributed by atoms with van der Waals surface area (Å²) in [4.78, 5) is 0.370. The van der Waals surface area contributed by atoms with Crippen LogP contribution in [0.3, 0.4) is 0 Å². The topological polar surface area (TPSA) is 0 Å². The summed E-state index contributed by atoms with van der Waals surface area (Å²) in [6.45, 7) is -0.439. The van der Waals surface area contributed by atoms with Crippen LogP contribution in [0, 0.1) is 0 Å². The summed E-state index contributed by atoms with van der Waals surface area (Å²) >= 11 is 3.72. The monoisotopic (exact) mass is 436 g/mol. The summed E-state index contributed by atoms with van der Waals surface area (Å²) < 4.78 is 0. The molecule has 0 saturated carbocycles. The zero-order chi connectivity index (χ0) is 18.8. The van der Waals surface area contributed by atoms with E-state index in [9.17, 15) is 0 Å². The third-order valence-corrected chi connectivity index (χ3v) is 13.1. The van der Waals surface area contributed by atoms with E-state index < -0.39 is 6.60 Å². The summed E-state index contributed by atoms with van der Waals surface area (Å²) in [5.74, 6) is 2.60. The van der Waals surface area contributed by atoms with E-state index >= 15 is 0 Å². The van der Waals surface area contributed by atoms with Gasteiger partial charge in [-0.15, -0.1) is 0 Å². The molecule has 1 aliphatic heterocycles. The van der Waals surface area contributed by atoms with Gasteiger partial charge in [-0.3, -0.25) is 0 Å². The van der Waals surface area contributed by atoms with Crippen LogP contribution in [0.5, 0.6) is 0 Å². The van der Waals surface area contributed by atoms with Crippen molar-refractivity contribution in [2.45, 2.75) is 24.6 Å². The van der Waals surface area contributed by atoms with E-state index in [0.717, 1.165) is 0 Å². The summed E-state index contributed by atoms with van der Waals surface area (Å²) in [7, 11) is 0. The van der Waals surface area contributed by atoms with Crippen molar-refractivity contribution in [1.29, 1.82) is 0 Å². The molecule has 0 radical (unpaired) electrons. The molecule has 1 unspecified atom stereocenters. The standard InChI is InChI=1S/C25H26BrP/c1-21(26)22-15-17-25(18-16-22)27(19-9-4-10-20-27,23-11-5-2-6-12-23)24-13-7-3-8-14-24/h2-3,5-9,11-19,21H,4,10,20H2,1H3. The second kappa shape index (κ2) is 7.38. The fraction of sp³-hybridized carbons (Fsp3) is 0.200. The van der Waals surface area contributed by atoms with Crippen molar-refractivity contribution in [3.05, 3.63) is 102 Å². The number of hydrogen-bond acceptors (Lipinski definition) is 0. The molecule has 27 heavy (non-hydrogen) atoms. The molecule has 138 valence electrons. The predicted octanol–water partition coefficient (Wildman–Crippen LogP) is 6.28. The van der Waals surface area contributed by atoms with E-state index in [2.05, 4.69) is 120 Å². The summed E-state index contributed by atoms with van der Waals surface area (Å²) in [6.07, 6.45) is 6.05. The molecule has 0 aliphatic carbocycles. The summed E-state index contributed by atoms with van der Waals surface area (Å²) in [6, 6.07) is 31.8. The Hall–Kier alpha value is -1.69. The number of hydrogen-bond donors (Lipinski definition) is 0. The normalized spacial score (nSPS) is 20.3. The maximum atomic E-state index is 3.72. The Labute approximate surface area is 171 Å². The zero-order valence-corrected chi connectivity index (χ0v) is 18.2. The SMILES string of the molecule is CC(Br)c1ccc(P2(c3ccccc3)(c3ccccc3)C=CCCC2)cc1. The third-order valence-electron chi connectivity index (χ3n) is 6.06. The Morgan fingerprint density at radius 1 is 0.741 bits per heavy atom. The molecule has 1 heterocycles. The molecule has 3 aromatic carbocycles. The van der Waals surface area contributed by atoms with Crippen molar-refractivity contribution < 1.29 is 0 Å². The zero-order valence-electron chi connectivity index (χ0n) is 15.8. The molecule has 0 amide bonds. The minimum absolute atomic E-state index is 0.370. The Morgan fingerprint density at radius 3 is 1.70 bits per heavy atom. The van der Waals surface area contributed by atoms with Gasteiger partial charge in [0.25, 0.3) is 0 Å². The van der Waals surface area contributed by atoms with E-state index in [-0.39, 0.29) is 0 Å². The quantitative estimate of drug-likeness (QED) is 0.333. The van der Waals surface area contributed by atoms with Crippen molar-refractivity contribution in [3.63, 3.8) is 0 Å². The molecule has 1 aliphatic rings. The first-order chi connectivity index (χ1) is 13.2. The molecule has 2 heteroatoms. The molecule has 0 spiro atoms. The van der Waals surface area contributed by atoms with E-state index in [1.165, 1.54) is 40.5 Å². The van der Waals surface area contributed by atoms with Gasteiger partial charge in [0.1, 0.15) is 0 Å². The van der Waals surface area contributed by atoms with Gasteiger partial charge in [-0.1, -0.05) is 0 Å². The molecule has 0 fully saturated rings. The Kier molecular flexibility index (Phi) is 5.10. The molecular weight excluding hydrogens is 411 g/mol. The molecule has 1 atom stereocenters. The van der Waals surface area contributed by atoms with Crippen LogP contribution in [-0.2, 0) is 0 Å². The van der Waals surface area contributed by atoms with E-state index in [4.69, 9.17) is 0 Å². The van der Waals surface area contributed by atoms with E-state index in [1.807, 2.05) is 0 Å². The van der Waals surface area contributed by atoms with Crippen LogP contribution >= 0.6 is 22.5 Å². The first-order valence-corrected chi connectivity index (χ1v) is 13.1. The van der Waals surface area contributed by atoms with Crippen LogP contribution in [0.15, 0.2) is 96.8 Å². The molecule has 0 nitrogen and oxygen atoms in total. The fourth-order valence-electron chi connectivity index (χ4n) is 4.63. The van der Waals surface area contributed by atoms with Crippen LogP contribution in [0.1, 0.15) is 30.2 Å². The maximum absolute atomic E-state index is 3.72. The first-order valence-electron chi connectivity index (χ1n) is 9.71. The van der Waals surface area contributed by atoms with Gasteiger partial charge in [-0.2, -0.15) is 0 Å². The Morgan fingerprint density at radius 2 is 1.26 bits per heavy atom. The van der Waals surface area contributed by atoms with Gasteiger partial charge in [-0.05, 0) is 0 Å². The van der Waals surface area contributed by atoms with Crippen LogP contribution in [-0.4, -0.2) is 6.16 Å². The number of alkyl halides is 1. The Balaban J connectivity index is 2.09. The fourth-order valence-corrected chi connectivity index (χ4v) is 11.3. The second-order valence-electron chi connectivity index (χ2n) is 7.51. The summed E-state index contributed by atoms with van der Waals surface area (Å²) in [5.41, 5.74) is 1.33. The predicted molar refractivity (Wildman–Crippen MR) is 126 cm³/mol. The minimum atomic E-state index is -2.63.